The average molecular weight is 199 g/mol. The quantitative estimate of drug-likeness (QED) is 0.629. The molecule has 2 aliphatic rings. The van der Waals surface area contributed by atoms with Crippen molar-refractivity contribution in [2.24, 2.45) is 0 Å². The fraction of sp³-hybridized carbons (Fsp3) is 1.00. The Morgan fingerprint density at radius 1 is 0.714 bits per heavy atom. The van der Waals surface area contributed by atoms with E-state index < -0.39 is 0 Å². The Balaban J connectivity index is 0.000000980. The van der Waals surface area contributed by atoms with Crippen LogP contribution in [0.2, 0.25) is 0 Å². The molecule has 1 N–H and O–H groups in total. The molecule has 2 aliphatic carbocycles. The monoisotopic (exact) mass is 199 g/mol. The van der Waals surface area contributed by atoms with Crippen LogP contribution in [0.4, 0.5) is 0 Å². The van der Waals surface area contributed by atoms with Gasteiger partial charge in [-0.25, -0.2) is 0 Å². The fourth-order valence-corrected chi connectivity index (χ4v) is 3.44. The van der Waals surface area contributed by atoms with Crippen molar-refractivity contribution in [2.45, 2.75) is 63.5 Å². The van der Waals surface area contributed by atoms with Gasteiger partial charge in [0.15, 0.2) is 0 Å². The first-order valence-corrected chi connectivity index (χ1v) is 6.04. The third kappa shape index (κ3) is 2.12. The predicted molar refractivity (Wildman–Crippen MR) is 58.6 cm³/mol. The van der Waals surface area contributed by atoms with Gasteiger partial charge in [-0.1, -0.05) is 0 Å². The largest absolute Gasteiger partial charge is 0.870 e. The predicted octanol–water partition coefficient (Wildman–Crippen LogP) is 2.77. The zero-order chi connectivity index (χ0) is 9.31. The van der Waals surface area contributed by atoms with Crippen LogP contribution in [0, 0.1) is 0 Å². The summed E-state index contributed by atoms with van der Waals surface area (Å²) < 4.78 is 1.33. The zero-order valence-corrected chi connectivity index (χ0v) is 9.71. The Labute approximate surface area is 88.2 Å². The molecule has 2 nitrogen and oxygen atoms in total. The maximum absolute atomic E-state index is 2.48. The lowest BCUT2D eigenvalue weighted by atomic mass is 10.1. The van der Waals surface area contributed by atoms with E-state index in [0.717, 1.165) is 12.1 Å². The van der Waals surface area contributed by atoms with Gasteiger partial charge >= 0.3 is 0 Å². The molecular formula is C12H25NO. The summed E-state index contributed by atoms with van der Waals surface area (Å²) >= 11 is 0. The van der Waals surface area contributed by atoms with Gasteiger partial charge in [0.1, 0.15) is 0 Å². The number of quaternary nitrogens is 1. The van der Waals surface area contributed by atoms with E-state index in [4.69, 9.17) is 0 Å². The van der Waals surface area contributed by atoms with Crippen LogP contribution in [-0.2, 0) is 0 Å². The van der Waals surface area contributed by atoms with Crippen LogP contribution in [0.5, 0.6) is 0 Å². The third-order valence-corrected chi connectivity index (χ3v) is 4.53. The minimum Gasteiger partial charge on any atom is -0.870 e. The highest BCUT2D eigenvalue weighted by molar-refractivity contribution is 4.74. The molecule has 0 atom stereocenters. The molecule has 0 aliphatic heterocycles. The lowest BCUT2D eigenvalue weighted by molar-refractivity contribution is -0.937. The van der Waals surface area contributed by atoms with Crippen LogP contribution in [0.25, 0.3) is 0 Å². The molecule has 0 aromatic rings. The van der Waals surface area contributed by atoms with Gasteiger partial charge in [-0.3, -0.25) is 0 Å². The first-order chi connectivity index (χ1) is 6.21. The number of rotatable bonds is 2. The highest BCUT2D eigenvalue weighted by atomic mass is 16.0. The van der Waals surface area contributed by atoms with Crippen LogP contribution in [0.15, 0.2) is 0 Å². The summed E-state index contributed by atoms with van der Waals surface area (Å²) in [7, 11) is 4.96. The van der Waals surface area contributed by atoms with Crippen LogP contribution in [0.1, 0.15) is 51.4 Å². The second kappa shape index (κ2) is 4.63. The van der Waals surface area contributed by atoms with Crippen molar-refractivity contribution < 1.29 is 9.96 Å². The molecule has 84 valence electrons. The van der Waals surface area contributed by atoms with Crippen molar-refractivity contribution in [3.63, 3.8) is 0 Å². The van der Waals surface area contributed by atoms with Gasteiger partial charge in [0, 0.05) is 0 Å². The van der Waals surface area contributed by atoms with Gasteiger partial charge in [0.05, 0.1) is 26.2 Å². The molecule has 2 saturated carbocycles. The normalized spacial score (nSPS) is 25.3. The molecule has 0 radical (unpaired) electrons. The summed E-state index contributed by atoms with van der Waals surface area (Å²) in [6.07, 6.45) is 11.9. The number of hydrogen-bond donors (Lipinski definition) is 0. The van der Waals surface area contributed by atoms with Crippen molar-refractivity contribution in [2.75, 3.05) is 14.1 Å². The standard InChI is InChI=1S/C12H24N.H2O/c1-13(2,11-7-3-4-8-11)12-9-5-6-10-12;/h11-12H,3-10H2,1-2H3;1H2/q+1;/p-1. The number of hydrogen-bond acceptors (Lipinski definition) is 1. The number of nitrogens with zero attached hydrogens (tertiary/aromatic N) is 1. The Bertz CT molecular complexity index is 149. The van der Waals surface area contributed by atoms with Crippen LogP contribution >= 0.6 is 0 Å². The Morgan fingerprint density at radius 2 is 1.00 bits per heavy atom. The topological polar surface area (TPSA) is 30.0 Å². The molecule has 0 amide bonds. The van der Waals surface area contributed by atoms with E-state index in [0.29, 0.717) is 0 Å². The highest BCUT2D eigenvalue weighted by Crippen LogP contribution is 2.34. The van der Waals surface area contributed by atoms with Crippen LogP contribution < -0.4 is 0 Å². The second-order valence-corrected chi connectivity index (χ2v) is 5.51. The van der Waals surface area contributed by atoms with E-state index in [9.17, 15) is 0 Å². The van der Waals surface area contributed by atoms with E-state index >= 15 is 0 Å². The van der Waals surface area contributed by atoms with Crippen molar-refractivity contribution in [3.05, 3.63) is 0 Å². The van der Waals surface area contributed by atoms with E-state index in [1.807, 2.05) is 0 Å². The van der Waals surface area contributed by atoms with Gasteiger partial charge in [-0.05, 0) is 51.4 Å². The molecule has 0 spiro atoms. The van der Waals surface area contributed by atoms with E-state index in [1.165, 1.54) is 55.8 Å². The maximum atomic E-state index is 2.48. The maximum Gasteiger partial charge on any atom is 0.0888 e. The van der Waals surface area contributed by atoms with Gasteiger partial charge in [0.2, 0.25) is 0 Å². The third-order valence-electron chi connectivity index (χ3n) is 4.53. The van der Waals surface area contributed by atoms with Crippen LogP contribution in [0.3, 0.4) is 0 Å². The summed E-state index contributed by atoms with van der Waals surface area (Å²) in [5, 5.41) is 0. The van der Waals surface area contributed by atoms with Crippen molar-refractivity contribution >= 4 is 0 Å². The SMILES string of the molecule is C[N+](C)(C1CCCC1)C1CCCC1.[OH-]. The minimum absolute atomic E-state index is 0. The smallest absolute Gasteiger partial charge is 0.0888 e. The van der Waals surface area contributed by atoms with Crippen LogP contribution in [-0.4, -0.2) is 36.1 Å². The molecule has 2 rings (SSSR count). The first kappa shape index (κ1) is 12.0. The molecule has 0 unspecified atom stereocenters. The summed E-state index contributed by atoms with van der Waals surface area (Å²) in [5.74, 6) is 0. The first-order valence-electron chi connectivity index (χ1n) is 6.04. The van der Waals surface area contributed by atoms with Crippen molar-refractivity contribution in [1.82, 2.24) is 0 Å². The lowest BCUT2D eigenvalue weighted by Crippen LogP contribution is -2.53. The zero-order valence-electron chi connectivity index (χ0n) is 9.71. The minimum atomic E-state index is 0. The van der Waals surface area contributed by atoms with E-state index in [2.05, 4.69) is 14.1 Å². The molecule has 0 bridgehead atoms. The molecular weight excluding hydrogens is 174 g/mol. The van der Waals surface area contributed by atoms with Gasteiger partial charge in [0.25, 0.3) is 0 Å². The lowest BCUT2D eigenvalue weighted by Gasteiger charge is -2.41. The molecule has 2 fully saturated rings. The molecule has 14 heavy (non-hydrogen) atoms. The van der Waals surface area contributed by atoms with Gasteiger partial charge < -0.3 is 9.96 Å². The van der Waals surface area contributed by atoms with Gasteiger partial charge in [-0.15, -0.1) is 0 Å². The average Bonchev–Trinajstić information content (AvgIpc) is 2.78. The van der Waals surface area contributed by atoms with Crippen molar-refractivity contribution in [3.8, 4) is 0 Å². The highest BCUT2D eigenvalue weighted by Gasteiger charge is 2.38. The summed E-state index contributed by atoms with van der Waals surface area (Å²) in [4.78, 5) is 0. The molecule has 2 heteroatoms. The molecule has 0 heterocycles. The van der Waals surface area contributed by atoms with E-state index in [-0.39, 0.29) is 5.48 Å². The summed E-state index contributed by atoms with van der Waals surface area (Å²) in [6, 6.07) is 1.98. The Morgan fingerprint density at radius 3 is 1.29 bits per heavy atom. The molecule has 0 aromatic heterocycles. The Kier molecular flexibility index (Phi) is 3.96. The molecule has 0 saturated heterocycles. The summed E-state index contributed by atoms with van der Waals surface area (Å²) in [6.45, 7) is 0. The molecule has 0 aromatic carbocycles. The second-order valence-electron chi connectivity index (χ2n) is 5.51. The Hall–Kier alpha value is -0.0800. The van der Waals surface area contributed by atoms with E-state index in [1.54, 1.807) is 0 Å². The van der Waals surface area contributed by atoms with Crippen molar-refractivity contribution in [1.29, 1.82) is 0 Å². The summed E-state index contributed by atoms with van der Waals surface area (Å²) in [5.41, 5.74) is 0. The fourth-order valence-electron chi connectivity index (χ4n) is 3.44. The van der Waals surface area contributed by atoms with Gasteiger partial charge in [-0.2, -0.15) is 0 Å².